The van der Waals surface area contributed by atoms with Gasteiger partial charge in [-0.15, -0.1) is 0 Å². The zero-order chi connectivity index (χ0) is 15.5. The Balaban J connectivity index is 1.98. The first kappa shape index (κ1) is 16.5. The maximum absolute atomic E-state index is 12.3. The lowest BCUT2D eigenvalue weighted by atomic mass is 10.1. The summed E-state index contributed by atoms with van der Waals surface area (Å²) in [5, 5.41) is 3.13. The Morgan fingerprint density at radius 3 is 2.71 bits per heavy atom. The van der Waals surface area contributed by atoms with Gasteiger partial charge in [0.05, 0.1) is 12.6 Å². The van der Waals surface area contributed by atoms with Crippen molar-refractivity contribution >= 4 is 10.0 Å². The second-order valence-electron chi connectivity index (χ2n) is 5.72. The number of sulfonamides is 1. The van der Waals surface area contributed by atoms with Crippen molar-refractivity contribution in [2.75, 3.05) is 6.61 Å². The van der Waals surface area contributed by atoms with E-state index in [2.05, 4.69) is 10.0 Å². The average Bonchev–Trinajstić information content (AvgIpc) is 3.07. The van der Waals surface area contributed by atoms with Gasteiger partial charge < -0.3 is 14.5 Å². The predicted octanol–water partition coefficient (Wildman–Crippen LogP) is 1.62. The third-order valence-electron chi connectivity index (χ3n) is 3.45. The Morgan fingerprint density at radius 1 is 1.33 bits per heavy atom. The first-order valence-electron chi connectivity index (χ1n) is 7.34. The molecule has 7 heteroatoms. The van der Waals surface area contributed by atoms with E-state index in [1.165, 1.54) is 6.07 Å². The number of furan rings is 1. The Hall–Kier alpha value is -0.890. The summed E-state index contributed by atoms with van der Waals surface area (Å²) >= 11 is 0. The van der Waals surface area contributed by atoms with Gasteiger partial charge in [-0.2, -0.15) is 0 Å². The van der Waals surface area contributed by atoms with Crippen molar-refractivity contribution < 1.29 is 17.6 Å². The monoisotopic (exact) mass is 316 g/mol. The van der Waals surface area contributed by atoms with Crippen LogP contribution in [-0.4, -0.2) is 33.2 Å². The Bertz CT molecular complexity index is 547. The van der Waals surface area contributed by atoms with Gasteiger partial charge in [0, 0.05) is 18.7 Å². The van der Waals surface area contributed by atoms with Crippen LogP contribution >= 0.6 is 0 Å². The van der Waals surface area contributed by atoms with E-state index in [-0.39, 0.29) is 17.2 Å². The topological polar surface area (TPSA) is 80.6 Å². The van der Waals surface area contributed by atoms with Crippen LogP contribution in [0.1, 0.15) is 39.4 Å². The van der Waals surface area contributed by atoms with Gasteiger partial charge in [0.25, 0.3) is 10.0 Å². The highest BCUT2D eigenvalue weighted by atomic mass is 32.2. The van der Waals surface area contributed by atoms with E-state index in [0.717, 1.165) is 12.8 Å². The van der Waals surface area contributed by atoms with Gasteiger partial charge in [0.15, 0.2) is 0 Å². The lowest BCUT2D eigenvalue weighted by Crippen LogP contribution is -2.40. The fourth-order valence-electron chi connectivity index (χ4n) is 2.28. The molecule has 2 heterocycles. The van der Waals surface area contributed by atoms with Gasteiger partial charge in [-0.25, -0.2) is 13.1 Å². The van der Waals surface area contributed by atoms with Crippen molar-refractivity contribution in [1.82, 2.24) is 10.0 Å². The molecule has 120 valence electrons. The van der Waals surface area contributed by atoms with Crippen LogP contribution in [-0.2, 0) is 21.3 Å². The lowest BCUT2D eigenvalue weighted by Gasteiger charge is -2.19. The molecule has 2 atom stereocenters. The lowest BCUT2D eigenvalue weighted by molar-refractivity contribution is 0.0901. The van der Waals surface area contributed by atoms with Gasteiger partial charge >= 0.3 is 0 Å². The summed E-state index contributed by atoms with van der Waals surface area (Å²) in [4.78, 5) is 0. The number of rotatable bonds is 7. The zero-order valence-corrected chi connectivity index (χ0v) is 13.6. The van der Waals surface area contributed by atoms with E-state index < -0.39 is 10.0 Å². The molecule has 1 aromatic rings. The minimum absolute atomic E-state index is 0.0482. The molecule has 0 bridgehead atoms. The standard InChI is InChI=1S/C14H24N2O4S/c1-10(2)15-9-12-6-7-14(20-12)21(17,18)16-11(3)13-5-4-8-19-13/h6-7,10-11,13,15-16H,4-5,8-9H2,1-3H3. The molecule has 1 aliphatic rings. The molecule has 0 aromatic carbocycles. The summed E-state index contributed by atoms with van der Waals surface area (Å²) in [6.45, 7) is 7.06. The molecule has 2 rings (SSSR count). The molecule has 1 fully saturated rings. The maximum atomic E-state index is 12.3. The minimum atomic E-state index is -3.64. The van der Waals surface area contributed by atoms with Crippen molar-refractivity contribution in [3.05, 3.63) is 17.9 Å². The summed E-state index contributed by atoms with van der Waals surface area (Å²) in [6, 6.07) is 3.22. The molecule has 1 aromatic heterocycles. The molecule has 2 unspecified atom stereocenters. The van der Waals surface area contributed by atoms with E-state index in [4.69, 9.17) is 9.15 Å². The van der Waals surface area contributed by atoms with E-state index >= 15 is 0 Å². The van der Waals surface area contributed by atoms with Crippen LogP contribution in [0.15, 0.2) is 21.6 Å². The van der Waals surface area contributed by atoms with E-state index in [9.17, 15) is 8.42 Å². The van der Waals surface area contributed by atoms with Gasteiger partial charge in [0.2, 0.25) is 5.09 Å². The van der Waals surface area contributed by atoms with Crippen LogP contribution < -0.4 is 10.0 Å². The highest BCUT2D eigenvalue weighted by Crippen LogP contribution is 2.19. The highest BCUT2D eigenvalue weighted by Gasteiger charge is 2.28. The first-order valence-corrected chi connectivity index (χ1v) is 8.83. The summed E-state index contributed by atoms with van der Waals surface area (Å²) in [7, 11) is -3.64. The Kier molecular flexibility index (Phi) is 5.43. The predicted molar refractivity (Wildman–Crippen MR) is 79.4 cm³/mol. The van der Waals surface area contributed by atoms with Crippen LogP contribution in [0.2, 0.25) is 0 Å². The van der Waals surface area contributed by atoms with Gasteiger partial charge in [0.1, 0.15) is 5.76 Å². The molecule has 6 nitrogen and oxygen atoms in total. The minimum Gasteiger partial charge on any atom is -0.447 e. The zero-order valence-electron chi connectivity index (χ0n) is 12.8. The normalized spacial score (nSPS) is 21.0. The third-order valence-corrected chi connectivity index (χ3v) is 4.88. The summed E-state index contributed by atoms with van der Waals surface area (Å²) < 4.78 is 38.1. The second kappa shape index (κ2) is 6.91. The Morgan fingerprint density at radius 2 is 2.10 bits per heavy atom. The number of hydrogen-bond donors (Lipinski definition) is 2. The van der Waals surface area contributed by atoms with Crippen LogP contribution in [0.25, 0.3) is 0 Å². The smallest absolute Gasteiger partial charge is 0.274 e. The molecule has 2 N–H and O–H groups in total. The fraction of sp³-hybridized carbons (Fsp3) is 0.714. The molecule has 1 saturated heterocycles. The number of ether oxygens (including phenoxy) is 1. The molecule has 0 saturated carbocycles. The number of nitrogens with one attached hydrogen (secondary N) is 2. The Labute approximate surface area is 126 Å². The molecule has 21 heavy (non-hydrogen) atoms. The summed E-state index contributed by atoms with van der Waals surface area (Å²) in [5.41, 5.74) is 0. The van der Waals surface area contributed by atoms with Gasteiger partial charge in [-0.1, -0.05) is 13.8 Å². The van der Waals surface area contributed by atoms with Crippen LogP contribution in [0.5, 0.6) is 0 Å². The maximum Gasteiger partial charge on any atom is 0.274 e. The molecule has 0 spiro atoms. The fourth-order valence-corrected chi connectivity index (χ4v) is 3.50. The average molecular weight is 316 g/mol. The molecular formula is C14H24N2O4S. The van der Waals surface area contributed by atoms with E-state index in [0.29, 0.717) is 25.0 Å². The SMILES string of the molecule is CC(C)NCc1ccc(S(=O)(=O)NC(C)C2CCCO2)o1. The quantitative estimate of drug-likeness (QED) is 0.799. The van der Waals surface area contributed by atoms with Crippen LogP contribution in [0.3, 0.4) is 0 Å². The number of hydrogen-bond acceptors (Lipinski definition) is 5. The van der Waals surface area contributed by atoms with Crippen molar-refractivity contribution in [3.8, 4) is 0 Å². The van der Waals surface area contributed by atoms with E-state index in [1.807, 2.05) is 20.8 Å². The molecule has 0 aliphatic carbocycles. The molecule has 0 radical (unpaired) electrons. The van der Waals surface area contributed by atoms with Crippen molar-refractivity contribution in [1.29, 1.82) is 0 Å². The van der Waals surface area contributed by atoms with E-state index in [1.54, 1.807) is 6.07 Å². The van der Waals surface area contributed by atoms with Crippen LogP contribution in [0, 0.1) is 0 Å². The highest BCUT2D eigenvalue weighted by molar-refractivity contribution is 7.89. The molecule has 0 amide bonds. The van der Waals surface area contributed by atoms with Crippen molar-refractivity contribution in [2.24, 2.45) is 0 Å². The summed E-state index contributed by atoms with van der Waals surface area (Å²) in [6.07, 6.45) is 1.80. The first-order chi connectivity index (χ1) is 9.88. The second-order valence-corrected chi connectivity index (χ2v) is 7.36. The third kappa shape index (κ3) is 4.54. The van der Waals surface area contributed by atoms with Crippen molar-refractivity contribution in [3.63, 3.8) is 0 Å². The molecular weight excluding hydrogens is 292 g/mol. The summed E-state index contributed by atoms with van der Waals surface area (Å²) in [5.74, 6) is 0.605. The molecule has 1 aliphatic heterocycles. The largest absolute Gasteiger partial charge is 0.447 e. The van der Waals surface area contributed by atoms with Gasteiger partial charge in [-0.05, 0) is 31.9 Å². The van der Waals surface area contributed by atoms with Crippen molar-refractivity contribution in [2.45, 2.75) is 63.4 Å². The van der Waals surface area contributed by atoms with Gasteiger partial charge in [-0.3, -0.25) is 0 Å². The van der Waals surface area contributed by atoms with Crippen LogP contribution in [0.4, 0.5) is 0 Å².